The van der Waals surface area contributed by atoms with Crippen LogP contribution in [-0.4, -0.2) is 11.9 Å². The van der Waals surface area contributed by atoms with Gasteiger partial charge in [0.1, 0.15) is 0 Å². The lowest BCUT2D eigenvalue weighted by Gasteiger charge is -2.55. The molecule has 5 rings (SSSR count). The largest absolute Gasteiger partial charge is 0.367 e. The third kappa shape index (κ3) is 3.23. The second-order valence-electron chi connectivity index (χ2n) is 10.9. The number of benzene rings is 1. The number of fused-ring (bicyclic) bond motifs is 5. The summed E-state index contributed by atoms with van der Waals surface area (Å²) in [5.41, 5.74) is 2.81. The molecule has 1 aromatic rings. The van der Waals surface area contributed by atoms with Crippen LogP contribution in [0.3, 0.4) is 0 Å². The molecule has 2 heteroatoms. The quantitative estimate of drug-likeness (QED) is 0.591. The van der Waals surface area contributed by atoms with Gasteiger partial charge in [0, 0.05) is 6.42 Å². The highest BCUT2D eigenvalue weighted by molar-refractivity contribution is 5.91. The van der Waals surface area contributed by atoms with Gasteiger partial charge in [-0.25, -0.2) is 0 Å². The summed E-state index contributed by atoms with van der Waals surface area (Å²) in [4.78, 5) is 12.0. The smallest absolute Gasteiger partial charge is 0.155 e. The van der Waals surface area contributed by atoms with Gasteiger partial charge >= 0.3 is 0 Å². The molecule has 0 radical (unpaired) electrons. The van der Waals surface area contributed by atoms with Gasteiger partial charge in [0.25, 0.3) is 0 Å². The van der Waals surface area contributed by atoms with Crippen LogP contribution >= 0.6 is 0 Å². The van der Waals surface area contributed by atoms with Crippen molar-refractivity contribution < 1.29 is 9.53 Å². The van der Waals surface area contributed by atoms with Gasteiger partial charge in [0.05, 0.1) is 11.7 Å². The Kier molecular flexibility index (Phi) is 4.77. The zero-order valence-electron chi connectivity index (χ0n) is 18.3. The van der Waals surface area contributed by atoms with E-state index in [-0.39, 0.29) is 11.0 Å². The molecule has 1 aromatic carbocycles. The predicted molar refractivity (Wildman–Crippen MR) is 116 cm³/mol. The van der Waals surface area contributed by atoms with Crippen LogP contribution in [0.1, 0.15) is 77.7 Å². The number of ether oxygens (including phenoxy) is 1. The summed E-state index contributed by atoms with van der Waals surface area (Å²) in [5.74, 6) is 3.51. The molecule has 0 aromatic heterocycles. The molecule has 29 heavy (non-hydrogen) atoms. The fourth-order valence-corrected chi connectivity index (χ4v) is 7.59. The number of carbonyl (C=O) groups is 1. The topological polar surface area (TPSA) is 26.3 Å². The van der Waals surface area contributed by atoms with Crippen molar-refractivity contribution >= 4 is 5.78 Å². The molecule has 156 valence electrons. The van der Waals surface area contributed by atoms with Gasteiger partial charge in [-0.3, -0.25) is 4.79 Å². The van der Waals surface area contributed by atoms with Gasteiger partial charge in [-0.15, -0.1) is 0 Å². The van der Waals surface area contributed by atoms with Gasteiger partial charge < -0.3 is 4.74 Å². The Bertz CT molecular complexity index is 807. The molecule has 4 aliphatic rings. The monoisotopic (exact) mass is 392 g/mol. The Morgan fingerprint density at radius 3 is 2.48 bits per heavy atom. The van der Waals surface area contributed by atoms with Gasteiger partial charge in [-0.1, -0.05) is 42.8 Å². The lowest BCUT2D eigenvalue weighted by Crippen LogP contribution is -2.48. The van der Waals surface area contributed by atoms with E-state index >= 15 is 0 Å². The standard InChI is InChI=1S/C27H36O2/c1-26(2,18-7-5-4-6-8-18)29-25-14-12-21-22-10-9-19-17-20(28)15-16-27(19,3)24(22)13-11-23(21)25/h4-8,17,21-25H,9-16H2,1-3H3/t21-,22-,23?,24-,25-,27-/m0/s1. The lowest BCUT2D eigenvalue weighted by molar-refractivity contribution is -0.119. The van der Waals surface area contributed by atoms with E-state index in [4.69, 9.17) is 4.74 Å². The van der Waals surface area contributed by atoms with Crippen LogP contribution < -0.4 is 0 Å². The van der Waals surface area contributed by atoms with E-state index in [0.717, 1.165) is 42.9 Å². The normalized spacial score (nSPS) is 39.3. The van der Waals surface area contributed by atoms with Crippen LogP contribution in [0, 0.1) is 29.1 Å². The fourth-order valence-electron chi connectivity index (χ4n) is 7.59. The number of rotatable bonds is 3. The van der Waals surface area contributed by atoms with E-state index in [1.807, 2.05) is 6.08 Å². The predicted octanol–water partition coefficient (Wildman–Crippen LogP) is 6.45. The molecule has 0 N–H and O–H groups in total. The highest BCUT2D eigenvalue weighted by Gasteiger charge is 2.55. The molecule has 0 aliphatic heterocycles. The van der Waals surface area contributed by atoms with Crippen molar-refractivity contribution in [2.45, 2.75) is 83.8 Å². The molecular formula is C27H36O2. The van der Waals surface area contributed by atoms with Crippen LogP contribution in [0.25, 0.3) is 0 Å². The summed E-state index contributed by atoms with van der Waals surface area (Å²) in [5, 5.41) is 0. The molecule has 2 nitrogen and oxygen atoms in total. The van der Waals surface area contributed by atoms with E-state index in [1.54, 1.807) is 0 Å². The molecule has 1 unspecified atom stereocenters. The first kappa shape index (κ1) is 19.5. The summed E-state index contributed by atoms with van der Waals surface area (Å²) in [6, 6.07) is 10.7. The Morgan fingerprint density at radius 1 is 0.931 bits per heavy atom. The summed E-state index contributed by atoms with van der Waals surface area (Å²) >= 11 is 0. The third-order valence-electron chi connectivity index (χ3n) is 9.13. The van der Waals surface area contributed by atoms with Crippen molar-refractivity contribution in [3.63, 3.8) is 0 Å². The SMILES string of the molecule is CC(C)(O[C@H]1CC[C@@H]2C1CC[C@H]1[C@H]2CCC2=CC(=O)CC[C@@]21C)c1ccccc1. The van der Waals surface area contributed by atoms with Crippen molar-refractivity contribution in [3.05, 3.63) is 47.5 Å². The molecule has 0 amide bonds. The number of carbonyl (C=O) groups excluding carboxylic acids is 1. The van der Waals surface area contributed by atoms with Crippen LogP contribution in [0.2, 0.25) is 0 Å². The van der Waals surface area contributed by atoms with Crippen LogP contribution in [0.15, 0.2) is 42.0 Å². The van der Waals surface area contributed by atoms with E-state index in [1.165, 1.54) is 43.2 Å². The highest BCUT2D eigenvalue weighted by Crippen LogP contribution is 2.62. The first-order chi connectivity index (χ1) is 13.9. The molecule has 6 atom stereocenters. The number of allylic oxidation sites excluding steroid dienone is 1. The number of ketones is 1. The molecule has 0 saturated heterocycles. The minimum Gasteiger partial charge on any atom is -0.367 e. The van der Waals surface area contributed by atoms with Crippen LogP contribution in [0.4, 0.5) is 0 Å². The minimum absolute atomic E-state index is 0.226. The zero-order valence-corrected chi connectivity index (χ0v) is 18.3. The summed E-state index contributed by atoms with van der Waals surface area (Å²) in [7, 11) is 0. The van der Waals surface area contributed by atoms with Crippen molar-refractivity contribution in [1.82, 2.24) is 0 Å². The molecule has 0 spiro atoms. The summed E-state index contributed by atoms with van der Waals surface area (Å²) in [6.07, 6.45) is 11.9. The van der Waals surface area contributed by atoms with E-state index in [0.29, 0.717) is 11.9 Å². The maximum atomic E-state index is 12.0. The van der Waals surface area contributed by atoms with Gasteiger partial charge in [0.15, 0.2) is 5.78 Å². The summed E-state index contributed by atoms with van der Waals surface area (Å²) < 4.78 is 6.82. The Balaban J connectivity index is 1.34. The lowest BCUT2D eigenvalue weighted by atomic mass is 9.50. The molecule has 0 bridgehead atoms. The van der Waals surface area contributed by atoms with Crippen molar-refractivity contribution in [2.75, 3.05) is 0 Å². The molecule has 4 aliphatic carbocycles. The first-order valence-corrected chi connectivity index (χ1v) is 11.9. The molecule has 0 heterocycles. The van der Waals surface area contributed by atoms with Crippen LogP contribution in [-0.2, 0) is 15.1 Å². The summed E-state index contributed by atoms with van der Waals surface area (Å²) in [6.45, 7) is 6.95. The fraction of sp³-hybridized carbons (Fsp3) is 0.667. The van der Waals surface area contributed by atoms with E-state index in [2.05, 4.69) is 51.1 Å². The average molecular weight is 393 g/mol. The van der Waals surface area contributed by atoms with Crippen molar-refractivity contribution in [2.24, 2.45) is 29.1 Å². The van der Waals surface area contributed by atoms with Crippen molar-refractivity contribution in [3.8, 4) is 0 Å². The minimum atomic E-state index is -0.226. The van der Waals surface area contributed by atoms with Crippen LogP contribution in [0.5, 0.6) is 0 Å². The first-order valence-electron chi connectivity index (χ1n) is 11.9. The van der Waals surface area contributed by atoms with Gasteiger partial charge in [-0.2, -0.15) is 0 Å². The molecular weight excluding hydrogens is 356 g/mol. The highest BCUT2D eigenvalue weighted by atomic mass is 16.5. The second-order valence-corrected chi connectivity index (χ2v) is 10.9. The van der Waals surface area contributed by atoms with E-state index in [9.17, 15) is 4.79 Å². The molecule has 3 saturated carbocycles. The maximum absolute atomic E-state index is 12.0. The molecule has 3 fully saturated rings. The Labute approximate surface area is 176 Å². The van der Waals surface area contributed by atoms with Crippen molar-refractivity contribution in [1.29, 1.82) is 0 Å². The number of hydrogen-bond acceptors (Lipinski definition) is 2. The average Bonchev–Trinajstić information content (AvgIpc) is 3.12. The second kappa shape index (κ2) is 7.08. The Morgan fingerprint density at radius 2 is 1.69 bits per heavy atom. The van der Waals surface area contributed by atoms with Gasteiger partial charge in [0.2, 0.25) is 0 Å². The van der Waals surface area contributed by atoms with Gasteiger partial charge in [-0.05, 0) is 99.5 Å². The van der Waals surface area contributed by atoms with E-state index < -0.39 is 0 Å². The zero-order chi connectivity index (χ0) is 20.2. The third-order valence-corrected chi connectivity index (χ3v) is 9.13. The Hall–Kier alpha value is -1.41. The maximum Gasteiger partial charge on any atom is 0.155 e. The number of hydrogen-bond donors (Lipinski definition) is 0.